The van der Waals surface area contributed by atoms with Crippen molar-refractivity contribution in [2.75, 3.05) is 19.3 Å². The first-order valence-electron chi connectivity index (χ1n) is 7.13. The van der Waals surface area contributed by atoms with Crippen LogP contribution in [0.5, 0.6) is 0 Å². The minimum atomic E-state index is -3.45. The summed E-state index contributed by atoms with van der Waals surface area (Å²) in [7, 11) is -3.45. The molecule has 1 aromatic heterocycles. The fourth-order valence-corrected chi connectivity index (χ4v) is 3.07. The van der Waals surface area contributed by atoms with Gasteiger partial charge < -0.3 is 5.32 Å². The highest BCUT2D eigenvalue weighted by Gasteiger charge is 2.17. The fraction of sp³-hybridized carbons (Fsp3) is 0.769. The predicted octanol–water partition coefficient (Wildman–Crippen LogP) is 1.30. The Kier molecular flexibility index (Phi) is 7.72. The van der Waals surface area contributed by atoms with Crippen molar-refractivity contribution in [2.24, 2.45) is 0 Å². The molecule has 0 aliphatic heterocycles. The monoisotopic (exact) mass is 334 g/mol. The average Bonchev–Trinajstić information content (AvgIpc) is 2.90. The summed E-state index contributed by atoms with van der Waals surface area (Å²) in [6, 6.07) is 0.459. The van der Waals surface area contributed by atoms with E-state index < -0.39 is 10.0 Å². The lowest BCUT2D eigenvalue weighted by molar-refractivity contribution is 0.513. The molecule has 0 aromatic carbocycles. The molecule has 0 bridgehead atoms. The number of nitrogens with one attached hydrogen (secondary N) is 2. The van der Waals surface area contributed by atoms with E-state index >= 15 is 0 Å². The second-order valence-corrected chi connectivity index (χ2v) is 8.34. The van der Waals surface area contributed by atoms with Gasteiger partial charge >= 0.3 is 0 Å². The van der Waals surface area contributed by atoms with E-state index in [9.17, 15) is 8.42 Å². The molecule has 21 heavy (non-hydrogen) atoms. The molecule has 1 aromatic rings. The summed E-state index contributed by atoms with van der Waals surface area (Å²) in [5, 5.41) is 7.68. The van der Waals surface area contributed by atoms with Gasteiger partial charge in [-0.2, -0.15) is 16.9 Å². The number of rotatable bonds is 10. The standard InChI is InChI=1S/C13H26N4O2S2/c1-11(2)14-6-5-7-17-10-13(9-15-17)21(18,19)16-8-12(3)20-4/h9-12,14,16H,5-8H2,1-4H3. The third-order valence-electron chi connectivity index (χ3n) is 3.00. The van der Waals surface area contributed by atoms with Crippen LogP contribution < -0.4 is 10.0 Å². The zero-order chi connectivity index (χ0) is 15.9. The maximum absolute atomic E-state index is 12.1. The van der Waals surface area contributed by atoms with Crippen LogP contribution in [0.3, 0.4) is 0 Å². The Morgan fingerprint density at radius 3 is 2.71 bits per heavy atom. The topological polar surface area (TPSA) is 76.0 Å². The van der Waals surface area contributed by atoms with Crippen molar-refractivity contribution in [3.8, 4) is 0 Å². The molecule has 1 unspecified atom stereocenters. The highest BCUT2D eigenvalue weighted by Crippen LogP contribution is 2.09. The number of sulfonamides is 1. The quantitative estimate of drug-likeness (QED) is 0.631. The van der Waals surface area contributed by atoms with Gasteiger partial charge in [0.15, 0.2) is 0 Å². The lowest BCUT2D eigenvalue weighted by Gasteiger charge is -2.09. The van der Waals surface area contributed by atoms with Crippen molar-refractivity contribution in [3.63, 3.8) is 0 Å². The molecular formula is C13H26N4O2S2. The van der Waals surface area contributed by atoms with Crippen LogP contribution in [-0.4, -0.2) is 48.8 Å². The molecule has 0 spiro atoms. The van der Waals surface area contributed by atoms with Crippen LogP contribution in [0.1, 0.15) is 27.2 Å². The lowest BCUT2D eigenvalue weighted by atomic mass is 10.3. The molecule has 0 fully saturated rings. The SMILES string of the molecule is CSC(C)CNS(=O)(=O)c1cnn(CCCNC(C)C)c1. The van der Waals surface area contributed by atoms with Crippen molar-refractivity contribution >= 4 is 21.8 Å². The van der Waals surface area contributed by atoms with Crippen LogP contribution in [0.2, 0.25) is 0 Å². The van der Waals surface area contributed by atoms with Gasteiger partial charge in [0.05, 0.1) is 6.20 Å². The normalized spacial score (nSPS) is 13.8. The van der Waals surface area contributed by atoms with Crippen molar-refractivity contribution in [3.05, 3.63) is 12.4 Å². The highest BCUT2D eigenvalue weighted by atomic mass is 32.2. The molecule has 0 saturated heterocycles. The average molecular weight is 335 g/mol. The first-order valence-corrected chi connectivity index (χ1v) is 9.90. The second-order valence-electron chi connectivity index (χ2n) is 5.30. The van der Waals surface area contributed by atoms with Crippen LogP contribution in [0.4, 0.5) is 0 Å². The van der Waals surface area contributed by atoms with E-state index in [2.05, 4.69) is 29.0 Å². The van der Waals surface area contributed by atoms with Crippen molar-refractivity contribution in [2.45, 2.75) is 49.9 Å². The van der Waals surface area contributed by atoms with E-state index in [0.29, 0.717) is 19.1 Å². The molecule has 0 aliphatic carbocycles. The van der Waals surface area contributed by atoms with Gasteiger partial charge in [-0.05, 0) is 19.2 Å². The lowest BCUT2D eigenvalue weighted by Crippen LogP contribution is -2.29. The maximum Gasteiger partial charge on any atom is 0.243 e. The first kappa shape index (κ1) is 18.5. The summed E-state index contributed by atoms with van der Waals surface area (Å²) in [5.74, 6) is 0. The molecule has 122 valence electrons. The molecule has 1 rings (SSSR count). The van der Waals surface area contributed by atoms with Gasteiger partial charge in [0.1, 0.15) is 4.90 Å². The Morgan fingerprint density at radius 2 is 2.10 bits per heavy atom. The molecule has 0 amide bonds. The zero-order valence-corrected chi connectivity index (χ0v) is 14.8. The van der Waals surface area contributed by atoms with Gasteiger partial charge in [0.25, 0.3) is 0 Å². The van der Waals surface area contributed by atoms with Gasteiger partial charge in [0, 0.05) is 30.6 Å². The minimum absolute atomic E-state index is 0.229. The van der Waals surface area contributed by atoms with Gasteiger partial charge in [-0.25, -0.2) is 13.1 Å². The van der Waals surface area contributed by atoms with E-state index in [4.69, 9.17) is 0 Å². The summed E-state index contributed by atoms with van der Waals surface area (Å²) in [6.45, 7) is 8.20. The molecular weight excluding hydrogens is 308 g/mol. The molecule has 1 heterocycles. The van der Waals surface area contributed by atoms with E-state index in [-0.39, 0.29) is 10.1 Å². The van der Waals surface area contributed by atoms with Gasteiger partial charge in [0.2, 0.25) is 10.0 Å². The maximum atomic E-state index is 12.1. The largest absolute Gasteiger partial charge is 0.314 e. The third-order valence-corrected chi connectivity index (χ3v) is 5.35. The van der Waals surface area contributed by atoms with Crippen molar-refractivity contribution in [1.29, 1.82) is 0 Å². The van der Waals surface area contributed by atoms with Crippen LogP contribution in [0.15, 0.2) is 17.3 Å². The number of aromatic nitrogens is 2. The second kappa shape index (κ2) is 8.77. The van der Waals surface area contributed by atoms with Crippen LogP contribution >= 0.6 is 11.8 Å². The molecule has 0 saturated carbocycles. The molecule has 1 atom stereocenters. The molecule has 6 nitrogen and oxygen atoms in total. The third kappa shape index (κ3) is 6.82. The molecule has 0 radical (unpaired) electrons. The summed E-state index contributed by atoms with van der Waals surface area (Å²) < 4.78 is 28.5. The molecule has 2 N–H and O–H groups in total. The summed E-state index contributed by atoms with van der Waals surface area (Å²) in [6.07, 6.45) is 5.86. The smallest absolute Gasteiger partial charge is 0.243 e. The van der Waals surface area contributed by atoms with Crippen LogP contribution in [0, 0.1) is 0 Å². The Morgan fingerprint density at radius 1 is 1.38 bits per heavy atom. The first-order chi connectivity index (χ1) is 9.85. The number of aryl methyl sites for hydroxylation is 1. The van der Waals surface area contributed by atoms with E-state index in [1.807, 2.05) is 13.2 Å². The fourth-order valence-electron chi connectivity index (χ4n) is 1.63. The molecule has 8 heteroatoms. The summed E-state index contributed by atoms with van der Waals surface area (Å²) >= 11 is 1.63. The van der Waals surface area contributed by atoms with Crippen molar-refractivity contribution < 1.29 is 8.42 Å². The van der Waals surface area contributed by atoms with E-state index in [1.165, 1.54) is 6.20 Å². The zero-order valence-electron chi connectivity index (χ0n) is 13.2. The Bertz CT molecular complexity index is 514. The number of hydrogen-bond donors (Lipinski definition) is 2. The minimum Gasteiger partial charge on any atom is -0.314 e. The molecule has 0 aliphatic rings. The number of nitrogens with zero attached hydrogens (tertiary/aromatic N) is 2. The number of hydrogen-bond acceptors (Lipinski definition) is 5. The summed E-state index contributed by atoms with van der Waals surface area (Å²) in [5.41, 5.74) is 0. The van der Waals surface area contributed by atoms with Gasteiger partial charge in [-0.15, -0.1) is 0 Å². The van der Waals surface area contributed by atoms with Gasteiger partial charge in [-0.1, -0.05) is 20.8 Å². The highest BCUT2D eigenvalue weighted by molar-refractivity contribution is 7.99. The predicted molar refractivity (Wildman–Crippen MR) is 88.1 cm³/mol. The Labute approximate surface area is 132 Å². The summed E-state index contributed by atoms with van der Waals surface area (Å²) in [4.78, 5) is 0.229. The van der Waals surface area contributed by atoms with Gasteiger partial charge in [-0.3, -0.25) is 4.68 Å². The Balaban J connectivity index is 2.49. The number of thioether (sulfide) groups is 1. The van der Waals surface area contributed by atoms with Crippen LogP contribution in [-0.2, 0) is 16.6 Å². The Hall–Kier alpha value is -0.570. The van der Waals surface area contributed by atoms with Crippen molar-refractivity contribution in [1.82, 2.24) is 19.8 Å². The van der Waals surface area contributed by atoms with Crippen LogP contribution in [0.25, 0.3) is 0 Å². The van der Waals surface area contributed by atoms with E-state index in [1.54, 1.807) is 22.6 Å². The van der Waals surface area contributed by atoms with E-state index in [0.717, 1.165) is 13.0 Å².